The van der Waals surface area contributed by atoms with Crippen LogP contribution in [0.3, 0.4) is 0 Å². The predicted molar refractivity (Wildman–Crippen MR) is 66.5 cm³/mol. The molecule has 0 heterocycles. The van der Waals surface area contributed by atoms with Gasteiger partial charge in [0.15, 0.2) is 0 Å². The molecule has 3 nitrogen and oxygen atoms in total. The molecule has 0 fully saturated rings. The second kappa shape index (κ2) is 6.74. The molecule has 0 radical (unpaired) electrons. The van der Waals surface area contributed by atoms with Crippen LogP contribution in [0.5, 0.6) is 5.75 Å². The first-order valence-corrected chi connectivity index (χ1v) is 5.57. The van der Waals surface area contributed by atoms with Crippen molar-refractivity contribution in [2.45, 2.75) is 5.92 Å². The number of hydrogen-bond acceptors (Lipinski definition) is 3. The largest absolute Gasteiger partial charge is 0.495 e. The summed E-state index contributed by atoms with van der Waals surface area (Å²) >= 11 is 6.09. The molecule has 0 bridgehead atoms. The normalized spacial score (nSPS) is 12.5. The number of halogens is 1. The Hall–Kier alpha value is -0.770. The minimum Gasteiger partial charge on any atom is -0.495 e. The molecule has 16 heavy (non-hydrogen) atoms. The number of benzene rings is 1. The summed E-state index contributed by atoms with van der Waals surface area (Å²) in [5.41, 5.74) is 1.15. The van der Waals surface area contributed by atoms with Gasteiger partial charge in [0.25, 0.3) is 0 Å². The van der Waals surface area contributed by atoms with Crippen LogP contribution in [0.4, 0.5) is 0 Å². The highest BCUT2D eigenvalue weighted by atomic mass is 35.5. The molecule has 0 aliphatic rings. The lowest BCUT2D eigenvalue weighted by Crippen LogP contribution is -2.20. The molecule has 0 spiro atoms. The van der Waals surface area contributed by atoms with Gasteiger partial charge in [-0.05, 0) is 24.7 Å². The van der Waals surface area contributed by atoms with Crippen LogP contribution in [0.15, 0.2) is 18.2 Å². The van der Waals surface area contributed by atoms with Crippen molar-refractivity contribution in [1.82, 2.24) is 5.32 Å². The van der Waals surface area contributed by atoms with Gasteiger partial charge in [-0.25, -0.2) is 0 Å². The van der Waals surface area contributed by atoms with Crippen molar-refractivity contribution in [2.75, 3.05) is 34.4 Å². The topological polar surface area (TPSA) is 30.5 Å². The van der Waals surface area contributed by atoms with Crippen LogP contribution in [-0.2, 0) is 4.74 Å². The van der Waals surface area contributed by atoms with Crippen molar-refractivity contribution in [2.24, 2.45) is 0 Å². The van der Waals surface area contributed by atoms with Crippen LogP contribution in [-0.4, -0.2) is 34.4 Å². The molecular formula is C12H18ClNO2. The van der Waals surface area contributed by atoms with E-state index in [1.807, 2.05) is 25.2 Å². The fraction of sp³-hybridized carbons (Fsp3) is 0.500. The molecule has 0 aromatic heterocycles. The van der Waals surface area contributed by atoms with E-state index in [1.165, 1.54) is 0 Å². The summed E-state index contributed by atoms with van der Waals surface area (Å²) in [6.07, 6.45) is 0. The second-order valence-corrected chi connectivity index (χ2v) is 4.01. The average molecular weight is 244 g/mol. The average Bonchev–Trinajstić information content (AvgIpc) is 2.28. The summed E-state index contributed by atoms with van der Waals surface area (Å²) in [4.78, 5) is 0. The zero-order chi connectivity index (χ0) is 12.0. The lowest BCUT2D eigenvalue weighted by molar-refractivity contribution is 0.178. The molecule has 0 saturated carbocycles. The smallest absolute Gasteiger partial charge is 0.137 e. The first-order valence-electron chi connectivity index (χ1n) is 5.20. The van der Waals surface area contributed by atoms with Gasteiger partial charge >= 0.3 is 0 Å². The van der Waals surface area contributed by atoms with E-state index in [4.69, 9.17) is 21.1 Å². The lowest BCUT2D eigenvalue weighted by Gasteiger charge is -2.17. The first kappa shape index (κ1) is 13.3. The molecule has 1 rings (SSSR count). The highest BCUT2D eigenvalue weighted by Gasteiger charge is 2.12. The molecule has 1 N–H and O–H groups in total. The Labute approximate surface area is 102 Å². The minimum atomic E-state index is 0.304. The van der Waals surface area contributed by atoms with Gasteiger partial charge in [0.1, 0.15) is 5.75 Å². The molecule has 4 heteroatoms. The Morgan fingerprint density at radius 3 is 2.62 bits per heavy atom. The van der Waals surface area contributed by atoms with Crippen LogP contribution in [0, 0.1) is 0 Å². The first-order chi connectivity index (χ1) is 7.72. The Bertz CT molecular complexity index is 325. The molecule has 90 valence electrons. The van der Waals surface area contributed by atoms with Crippen molar-refractivity contribution in [1.29, 1.82) is 0 Å². The van der Waals surface area contributed by atoms with Gasteiger partial charge < -0.3 is 14.8 Å². The van der Waals surface area contributed by atoms with Gasteiger partial charge in [-0.15, -0.1) is 0 Å². The fourth-order valence-electron chi connectivity index (χ4n) is 1.66. The van der Waals surface area contributed by atoms with Crippen molar-refractivity contribution in [3.8, 4) is 5.75 Å². The van der Waals surface area contributed by atoms with E-state index < -0.39 is 0 Å². The van der Waals surface area contributed by atoms with Crippen molar-refractivity contribution < 1.29 is 9.47 Å². The lowest BCUT2D eigenvalue weighted by atomic mass is 10.00. The number of nitrogens with one attached hydrogen (secondary N) is 1. The Morgan fingerprint density at radius 2 is 2.12 bits per heavy atom. The predicted octanol–water partition coefficient (Wildman–Crippen LogP) is 2.30. The Morgan fingerprint density at radius 1 is 1.38 bits per heavy atom. The quantitative estimate of drug-likeness (QED) is 0.832. The fourth-order valence-corrected chi connectivity index (χ4v) is 1.92. The third kappa shape index (κ3) is 3.37. The zero-order valence-electron chi connectivity index (χ0n) is 9.92. The summed E-state index contributed by atoms with van der Waals surface area (Å²) in [5.74, 6) is 1.00. The summed E-state index contributed by atoms with van der Waals surface area (Å²) in [6, 6.07) is 5.84. The van der Waals surface area contributed by atoms with E-state index in [0.29, 0.717) is 23.3 Å². The zero-order valence-corrected chi connectivity index (χ0v) is 10.7. The number of ether oxygens (including phenoxy) is 2. The maximum atomic E-state index is 6.09. The molecule has 1 atom stereocenters. The second-order valence-electron chi connectivity index (χ2n) is 3.60. The summed E-state index contributed by atoms with van der Waals surface area (Å²) in [5, 5.41) is 3.78. The van der Waals surface area contributed by atoms with Crippen LogP contribution in [0.25, 0.3) is 0 Å². The molecule has 1 aromatic rings. The monoisotopic (exact) mass is 243 g/mol. The van der Waals surface area contributed by atoms with Crippen LogP contribution >= 0.6 is 11.6 Å². The van der Waals surface area contributed by atoms with E-state index in [1.54, 1.807) is 14.2 Å². The van der Waals surface area contributed by atoms with Crippen LogP contribution in [0.1, 0.15) is 11.5 Å². The van der Waals surface area contributed by atoms with E-state index in [2.05, 4.69) is 5.32 Å². The van der Waals surface area contributed by atoms with Gasteiger partial charge in [-0.2, -0.15) is 0 Å². The van der Waals surface area contributed by atoms with Crippen LogP contribution in [0.2, 0.25) is 5.02 Å². The maximum absolute atomic E-state index is 6.09. The molecule has 1 unspecified atom stereocenters. The molecule has 0 aliphatic heterocycles. The number of likely N-dealkylation sites (N-methyl/N-ethyl adjacent to an activating group) is 1. The summed E-state index contributed by atoms with van der Waals surface area (Å²) in [6.45, 7) is 1.53. The summed E-state index contributed by atoms with van der Waals surface area (Å²) in [7, 11) is 5.24. The van der Waals surface area contributed by atoms with Gasteiger partial charge in [0, 0.05) is 19.6 Å². The number of methoxy groups -OCH3 is 2. The van der Waals surface area contributed by atoms with Gasteiger partial charge in [-0.1, -0.05) is 17.7 Å². The Balaban J connectivity index is 2.87. The van der Waals surface area contributed by atoms with Crippen molar-refractivity contribution >= 4 is 11.6 Å². The molecule has 0 amide bonds. The van der Waals surface area contributed by atoms with Gasteiger partial charge in [0.2, 0.25) is 0 Å². The standard InChI is InChI=1S/C12H18ClNO2/c1-14-7-10(8-15-2)9-4-5-12(16-3)11(13)6-9/h4-6,10,14H,7-8H2,1-3H3. The number of rotatable bonds is 6. The molecular weight excluding hydrogens is 226 g/mol. The summed E-state index contributed by atoms with van der Waals surface area (Å²) < 4.78 is 10.3. The highest BCUT2D eigenvalue weighted by molar-refractivity contribution is 6.32. The van der Waals surface area contributed by atoms with E-state index in [9.17, 15) is 0 Å². The van der Waals surface area contributed by atoms with E-state index in [-0.39, 0.29) is 0 Å². The van der Waals surface area contributed by atoms with Crippen molar-refractivity contribution in [3.05, 3.63) is 28.8 Å². The third-order valence-electron chi connectivity index (χ3n) is 2.47. The molecule has 0 saturated heterocycles. The van der Waals surface area contributed by atoms with E-state index >= 15 is 0 Å². The van der Waals surface area contributed by atoms with Crippen LogP contribution < -0.4 is 10.1 Å². The van der Waals surface area contributed by atoms with Crippen molar-refractivity contribution in [3.63, 3.8) is 0 Å². The number of hydrogen-bond donors (Lipinski definition) is 1. The SMILES string of the molecule is CNCC(COC)c1ccc(OC)c(Cl)c1. The maximum Gasteiger partial charge on any atom is 0.137 e. The molecule has 0 aliphatic carbocycles. The van der Waals surface area contributed by atoms with Gasteiger partial charge in [-0.3, -0.25) is 0 Å². The van der Waals surface area contributed by atoms with Gasteiger partial charge in [0.05, 0.1) is 18.7 Å². The minimum absolute atomic E-state index is 0.304. The highest BCUT2D eigenvalue weighted by Crippen LogP contribution is 2.28. The molecule has 1 aromatic carbocycles. The third-order valence-corrected chi connectivity index (χ3v) is 2.76. The Kier molecular flexibility index (Phi) is 5.60. The van der Waals surface area contributed by atoms with E-state index in [0.717, 1.165) is 12.1 Å².